The molecule has 0 aliphatic rings. The van der Waals surface area contributed by atoms with Crippen LogP contribution in [0.4, 0.5) is 4.39 Å². The second-order valence-electron chi connectivity index (χ2n) is 3.07. The van der Waals surface area contributed by atoms with Crippen LogP contribution in [0.15, 0.2) is 5.38 Å². The molecule has 1 heterocycles. The van der Waals surface area contributed by atoms with Crippen LogP contribution in [0, 0.1) is 0 Å². The molecule has 0 aliphatic heterocycles. The van der Waals surface area contributed by atoms with E-state index in [1.165, 1.54) is 32.1 Å². The molecule has 0 aromatic carbocycles. The number of halogens is 1. The average Bonchev–Trinajstić information content (AvgIpc) is 2.30. The zero-order valence-electron chi connectivity index (χ0n) is 7.22. The maximum absolute atomic E-state index is 13.2. The van der Waals surface area contributed by atoms with E-state index >= 15 is 0 Å². The molecule has 66 valence electrons. The van der Waals surface area contributed by atoms with Crippen molar-refractivity contribution in [2.24, 2.45) is 0 Å². The molecule has 0 saturated heterocycles. The Hall–Kier alpha value is -0.770. The largest absolute Gasteiger partial charge is 0.293 e. The Bertz CT molecular complexity index is 300. The lowest BCUT2D eigenvalue weighted by molar-refractivity contribution is 0.101. The number of alkyl halides is 1. The number of ketones is 1. The Labute approximate surface area is 74.4 Å². The number of rotatable bonds is 2. The SMILES string of the molecule is CC(=O)c1csc(C(C)(C)F)n1. The predicted octanol–water partition coefficient (Wildman–Crippen LogP) is 2.55. The summed E-state index contributed by atoms with van der Waals surface area (Å²) in [6.07, 6.45) is 0. The van der Waals surface area contributed by atoms with Crippen LogP contribution in [0.25, 0.3) is 0 Å². The van der Waals surface area contributed by atoms with Gasteiger partial charge >= 0.3 is 0 Å². The van der Waals surface area contributed by atoms with E-state index in [-0.39, 0.29) is 5.78 Å². The maximum atomic E-state index is 13.2. The Morgan fingerprint density at radius 2 is 2.25 bits per heavy atom. The molecular formula is C8H10FNOS. The van der Waals surface area contributed by atoms with E-state index in [1.54, 1.807) is 5.38 Å². The molecule has 1 aromatic rings. The predicted molar refractivity (Wildman–Crippen MR) is 46.3 cm³/mol. The van der Waals surface area contributed by atoms with Crippen LogP contribution in [-0.4, -0.2) is 10.8 Å². The van der Waals surface area contributed by atoms with E-state index < -0.39 is 5.67 Å². The van der Waals surface area contributed by atoms with Gasteiger partial charge in [0, 0.05) is 12.3 Å². The summed E-state index contributed by atoms with van der Waals surface area (Å²) in [4.78, 5) is 14.7. The fourth-order valence-electron chi connectivity index (χ4n) is 0.708. The summed E-state index contributed by atoms with van der Waals surface area (Å²) in [7, 11) is 0. The molecule has 0 saturated carbocycles. The lowest BCUT2D eigenvalue weighted by atomic mass is 10.2. The summed E-state index contributed by atoms with van der Waals surface area (Å²) in [6.45, 7) is 4.27. The van der Waals surface area contributed by atoms with Crippen LogP contribution in [0.2, 0.25) is 0 Å². The van der Waals surface area contributed by atoms with E-state index in [0.29, 0.717) is 10.7 Å². The molecule has 0 amide bonds. The van der Waals surface area contributed by atoms with Crippen molar-refractivity contribution < 1.29 is 9.18 Å². The Kier molecular flexibility index (Phi) is 2.28. The molecule has 0 aliphatic carbocycles. The number of carbonyl (C=O) groups excluding carboxylic acids is 1. The first-order chi connectivity index (χ1) is 5.41. The molecule has 0 unspecified atom stereocenters. The minimum absolute atomic E-state index is 0.123. The van der Waals surface area contributed by atoms with Gasteiger partial charge < -0.3 is 0 Å². The van der Waals surface area contributed by atoms with Gasteiger partial charge in [-0.3, -0.25) is 4.79 Å². The summed E-state index contributed by atoms with van der Waals surface area (Å²) in [5, 5.41) is 1.94. The van der Waals surface area contributed by atoms with E-state index in [2.05, 4.69) is 4.98 Å². The molecular weight excluding hydrogens is 177 g/mol. The van der Waals surface area contributed by atoms with E-state index in [1.807, 2.05) is 0 Å². The number of nitrogens with zero attached hydrogens (tertiary/aromatic N) is 1. The van der Waals surface area contributed by atoms with Crippen molar-refractivity contribution in [1.82, 2.24) is 4.98 Å². The van der Waals surface area contributed by atoms with Crippen molar-refractivity contribution >= 4 is 17.1 Å². The van der Waals surface area contributed by atoms with Gasteiger partial charge in [0.25, 0.3) is 0 Å². The van der Waals surface area contributed by atoms with Gasteiger partial charge in [-0.1, -0.05) is 0 Å². The van der Waals surface area contributed by atoms with Crippen LogP contribution in [0.3, 0.4) is 0 Å². The molecule has 0 bridgehead atoms. The highest BCUT2D eigenvalue weighted by molar-refractivity contribution is 7.10. The average molecular weight is 187 g/mol. The maximum Gasteiger partial charge on any atom is 0.178 e. The van der Waals surface area contributed by atoms with Crippen molar-refractivity contribution in [1.29, 1.82) is 0 Å². The van der Waals surface area contributed by atoms with Gasteiger partial charge in [0.05, 0.1) is 0 Å². The first kappa shape index (κ1) is 9.32. The smallest absolute Gasteiger partial charge is 0.178 e. The topological polar surface area (TPSA) is 30.0 Å². The molecule has 0 atom stereocenters. The number of carbonyl (C=O) groups is 1. The van der Waals surface area contributed by atoms with Crippen molar-refractivity contribution in [3.05, 3.63) is 16.1 Å². The molecule has 1 aromatic heterocycles. The minimum Gasteiger partial charge on any atom is -0.293 e. The normalized spacial score (nSPS) is 11.7. The summed E-state index contributed by atoms with van der Waals surface area (Å²) in [6, 6.07) is 0. The third-order valence-electron chi connectivity index (χ3n) is 1.37. The van der Waals surface area contributed by atoms with Crippen LogP contribution in [0.5, 0.6) is 0 Å². The molecule has 1 rings (SSSR count). The zero-order valence-corrected chi connectivity index (χ0v) is 8.04. The summed E-state index contributed by atoms with van der Waals surface area (Å²) in [5.41, 5.74) is -1.10. The van der Waals surface area contributed by atoms with Crippen molar-refractivity contribution in [3.63, 3.8) is 0 Å². The van der Waals surface area contributed by atoms with Crippen LogP contribution in [0.1, 0.15) is 36.3 Å². The van der Waals surface area contributed by atoms with Crippen molar-refractivity contribution in [3.8, 4) is 0 Å². The van der Waals surface area contributed by atoms with Gasteiger partial charge in [0.2, 0.25) is 0 Å². The third-order valence-corrected chi connectivity index (χ3v) is 2.51. The van der Waals surface area contributed by atoms with E-state index in [0.717, 1.165) is 0 Å². The highest BCUT2D eigenvalue weighted by Gasteiger charge is 2.23. The van der Waals surface area contributed by atoms with Crippen molar-refractivity contribution in [2.75, 3.05) is 0 Å². The van der Waals surface area contributed by atoms with Crippen molar-refractivity contribution in [2.45, 2.75) is 26.4 Å². The van der Waals surface area contributed by atoms with Crippen LogP contribution in [-0.2, 0) is 5.67 Å². The fraction of sp³-hybridized carbons (Fsp3) is 0.500. The number of hydrogen-bond acceptors (Lipinski definition) is 3. The first-order valence-electron chi connectivity index (χ1n) is 3.57. The third kappa shape index (κ3) is 1.88. The van der Waals surface area contributed by atoms with Gasteiger partial charge in [0.1, 0.15) is 10.7 Å². The quantitative estimate of drug-likeness (QED) is 0.666. The van der Waals surface area contributed by atoms with Crippen LogP contribution < -0.4 is 0 Å². The van der Waals surface area contributed by atoms with Crippen LogP contribution >= 0.6 is 11.3 Å². The summed E-state index contributed by atoms with van der Waals surface area (Å²) < 4.78 is 13.2. The highest BCUT2D eigenvalue weighted by Crippen LogP contribution is 2.27. The number of aromatic nitrogens is 1. The Morgan fingerprint density at radius 1 is 1.67 bits per heavy atom. The Balaban J connectivity index is 3.00. The zero-order chi connectivity index (χ0) is 9.35. The molecule has 4 heteroatoms. The highest BCUT2D eigenvalue weighted by atomic mass is 32.1. The lowest BCUT2D eigenvalue weighted by Gasteiger charge is -2.08. The van der Waals surface area contributed by atoms with Gasteiger partial charge in [-0.15, -0.1) is 11.3 Å². The molecule has 0 fully saturated rings. The number of hydrogen-bond donors (Lipinski definition) is 0. The number of Topliss-reactive ketones (excluding diaryl/α,β-unsaturated/α-hetero) is 1. The fourth-order valence-corrected chi connectivity index (χ4v) is 1.58. The Morgan fingerprint density at radius 3 is 2.50 bits per heavy atom. The minimum atomic E-state index is -1.45. The second-order valence-corrected chi connectivity index (χ2v) is 3.92. The molecule has 2 nitrogen and oxygen atoms in total. The molecule has 0 spiro atoms. The summed E-state index contributed by atoms with van der Waals surface area (Å²) in [5.74, 6) is -0.123. The molecule has 0 N–H and O–H groups in total. The molecule has 0 radical (unpaired) electrons. The standard InChI is InChI=1S/C8H10FNOS/c1-5(11)6-4-12-7(10-6)8(2,3)9/h4H,1-3H3. The van der Waals surface area contributed by atoms with Gasteiger partial charge in [-0.2, -0.15) is 0 Å². The van der Waals surface area contributed by atoms with E-state index in [9.17, 15) is 9.18 Å². The summed E-state index contributed by atoms with van der Waals surface area (Å²) >= 11 is 1.18. The first-order valence-corrected chi connectivity index (χ1v) is 4.45. The number of thiazole rings is 1. The molecule has 12 heavy (non-hydrogen) atoms. The van der Waals surface area contributed by atoms with Gasteiger partial charge in [-0.05, 0) is 13.8 Å². The van der Waals surface area contributed by atoms with E-state index in [4.69, 9.17) is 0 Å². The second kappa shape index (κ2) is 2.94. The monoisotopic (exact) mass is 187 g/mol. The van der Waals surface area contributed by atoms with Gasteiger partial charge in [-0.25, -0.2) is 9.37 Å². The van der Waals surface area contributed by atoms with Gasteiger partial charge in [0.15, 0.2) is 11.5 Å². The lowest BCUT2D eigenvalue weighted by Crippen LogP contribution is -2.08.